The van der Waals surface area contributed by atoms with Crippen molar-refractivity contribution in [2.24, 2.45) is 0 Å². The number of hydrogen-bond acceptors (Lipinski definition) is 5. The predicted octanol–water partition coefficient (Wildman–Crippen LogP) is 5.94. The molecule has 1 atom stereocenters. The summed E-state index contributed by atoms with van der Waals surface area (Å²) in [4.78, 5) is 30.1. The fraction of sp³-hybridized carbons (Fsp3) is 0.375. The van der Waals surface area contributed by atoms with Gasteiger partial charge in [-0.1, -0.05) is 54.4 Å². The van der Waals surface area contributed by atoms with E-state index in [2.05, 4.69) is 5.32 Å². The van der Waals surface area contributed by atoms with Gasteiger partial charge in [0, 0.05) is 17.0 Å². The van der Waals surface area contributed by atoms with E-state index in [0.717, 1.165) is 25.9 Å². The number of benzene rings is 3. The third-order valence-corrected chi connectivity index (χ3v) is 9.10. The largest absolute Gasteiger partial charge is 0.350 e. The van der Waals surface area contributed by atoms with E-state index < -0.39 is 34.1 Å². The zero-order valence-corrected chi connectivity index (χ0v) is 26.6. The number of rotatable bonds is 11. The standard InChI is InChI=1S/C32H41N3O4S2/c1-8-29(31(37)33-32(4,5)6)34(21-25-11-9-10-24(3)20-25)30(36)22-35(26-14-12-23(2)13-15-26)41(38,39)28-18-16-27(40-7)17-19-28/h9-20,29H,8,21-22H2,1-7H3,(H,33,37)/t29-/m1/s1. The van der Waals surface area contributed by atoms with E-state index >= 15 is 0 Å². The maximum atomic E-state index is 14.2. The number of thioether (sulfide) groups is 1. The van der Waals surface area contributed by atoms with Crippen molar-refractivity contribution < 1.29 is 18.0 Å². The summed E-state index contributed by atoms with van der Waals surface area (Å²) in [5, 5.41) is 2.99. The maximum Gasteiger partial charge on any atom is 0.264 e. The third kappa shape index (κ3) is 8.60. The summed E-state index contributed by atoms with van der Waals surface area (Å²) in [5.74, 6) is -0.745. The highest BCUT2D eigenvalue weighted by atomic mass is 32.2. The Labute approximate surface area is 249 Å². The minimum atomic E-state index is -4.11. The summed E-state index contributed by atoms with van der Waals surface area (Å²) in [7, 11) is -4.11. The fourth-order valence-electron chi connectivity index (χ4n) is 4.49. The first-order chi connectivity index (χ1) is 19.2. The molecule has 0 saturated heterocycles. The summed E-state index contributed by atoms with van der Waals surface area (Å²) in [6.07, 6.45) is 2.29. The molecule has 9 heteroatoms. The minimum Gasteiger partial charge on any atom is -0.350 e. The number of carbonyl (C=O) groups is 2. The van der Waals surface area contributed by atoms with Gasteiger partial charge in [-0.05, 0) is 89.3 Å². The lowest BCUT2D eigenvalue weighted by atomic mass is 10.0. The SMILES string of the molecule is CC[C@H](C(=O)NC(C)(C)C)N(Cc1cccc(C)c1)C(=O)CN(c1ccc(C)cc1)S(=O)(=O)c1ccc(SC)cc1. The van der Waals surface area contributed by atoms with Crippen molar-refractivity contribution in [3.63, 3.8) is 0 Å². The van der Waals surface area contributed by atoms with Crippen LogP contribution in [0.25, 0.3) is 0 Å². The van der Waals surface area contributed by atoms with Crippen LogP contribution < -0.4 is 9.62 Å². The van der Waals surface area contributed by atoms with Gasteiger partial charge in [-0.15, -0.1) is 11.8 Å². The van der Waals surface area contributed by atoms with Gasteiger partial charge in [-0.25, -0.2) is 8.42 Å². The normalized spacial score (nSPS) is 12.5. The molecule has 41 heavy (non-hydrogen) atoms. The molecule has 0 bridgehead atoms. The highest BCUT2D eigenvalue weighted by Crippen LogP contribution is 2.27. The van der Waals surface area contributed by atoms with Crippen LogP contribution in [0.4, 0.5) is 5.69 Å². The van der Waals surface area contributed by atoms with Gasteiger partial charge in [0.05, 0.1) is 10.6 Å². The lowest BCUT2D eigenvalue weighted by Crippen LogP contribution is -2.55. The average Bonchev–Trinajstić information content (AvgIpc) is 2.91. The van der Waals surface area contributed by atoms with Gasteiger partial charge in [0.15, 0.2) is 0 Å². The number of hydrogen-bond donors (Lipinski definition) is 1. The molecular weight excluding hydrogens is 555 g/mol. The van der Waals surface area contributed by atoms with Crippen molar-refractivity contribution in [1.82, 2.24) is 10.2 Å². The van der Waals surface area contributed by atoms with Crippen LogP contribution in [0.2, 0.25) is 0 Å². The molecule has 0 aliphatic rings. The molecule has 1 N–H and O–H groups in total. The quantitative estimate of drug-likeness (QED) is 0.277. The molecule has 0 heterocycles. The van der Waals surface area contributed by atoms with Crippen molar-refractivity contribution in [1.29, 1.82) is 0 Å². The summed E-state index contributed by atoms with van der Waals surface area (Å²) in [6, 6.07) is 20.6. The van der Waals surface area contributed by atoms with Crippen molar-refractivity contribution in [3.05, 3.63) is 89.5 Å². The molecule has 220 valence electrons. The predicted molar refractivity (Wildman–Crippen MR) is 168 cm³/mol. The Morgan fingerprint density at radius 1 is 0.927 bits per heavy atom. The molecule has 0 aromatic heterocycles. The molecular formula is C32H41N3O4S2. The lowest BCUT2D eigenvalue weighted by Gasteiger charge is -2.35. The lowest BCUT2D eigenvalue weighted by molar-refractivity contribution is -0.141. The Morgan fingerprint density at radius 3 is 2.10 bits per heavy atom. The molecule has 3 rings (SSSR count). The van der Waals surface area contributed by atoms with E-state index in [1.807, 2.05) is 84.2 Å². The van der Waals surface area contributed by atoms with Crippen LogP contribution in [0, 0.1) is 13.8 Å². The van der Waals surface area contributed by atoms with Crippen LogP contribution in [0.3, 0.4) is 0 Å². The Kier molecular flexibility index (Phi) is 10.7. The van der Waals surface area contributed by atoms with E-state index in [-0.39, 0.29) is 17.3 Å². The van der Waals surface area contributed by atoms with E-state index in [1.54, 1.807) is 36.4 Å². The van der Waals surface area contributed by atoms with Crippen molar-refractivity contribution in [3.8, 4) is 0 Å². The maximum absolute atomic E-state index is 14.2. The van der Waals surface area contributed by atoms with Gasteiger partial charge >= 0.3 is 0 Å². The molecule has 0 spiro atoms. The Morgan fingerprint density at radius 2 is 1.56 bits per heavy atom. The number of nitrogens with zero attached hydrogens (tertiary/aromatic N) is 2. The minimum absolute atomic E-state index is 0.0893. The second-order valence-corrected chi connectivity index (χ2v) is 13.9. The molecule has 3 aromatic rings. The summed E-state index contributed by atoms with van der Waals surface area (Å²) in [5.41, 5.74) is 2.73. The summed E-state index contributed by atoms with van der Waals surface area (Å²) >= 11 is 1.52. The second kappa shape index (κ2) is 13.6. The van der Waals surface area contributed by atoms with Crippen LogP contribution in [0.5, 0.6) is 0 Å². The Hall–Kier alpha value is -3.30. The highest BCUT2D eigenvalue weighted by molar-refractivity contribution is 7.98. The molecule has 0 fully saturated rings. The van der Waals surface area contributed by atoms with Crippen LogP contribution >= 0.6 is 11.8 Å². The number of anilines is 1. The topological polar surface area (TPSA) is 86.8 Å². The number of carbonyl (C=O) groups excluding carboxylic acids is 2. The molecule has 0 aliphatic heterocycles. The monoisotopic (exact) mass is 595 g/mol. The van der Waals surface area contributed by atoms with Gasteiger partial charge in [-0.2, -0.15) is 0 Å². The van der Waals surface area contributed by atoms with E-state index in [4.69, 9.17) is 0 Å². The van der Waals surface area contributed by atoms with E-state index in [0.29, 0.717) is 12.1 Å². The van der Waals surface area contributed by atoms with Gasteiger partial charge in [0.1, 0.15) is 12.6 Å². The van der Waals surface area contributed by atoms with Crippen molar-refractivity contribution >= 4 is 39.3 Å². The first-order valence-corrected chi connectivity index (χ1v) is 16.3. The third-order valence-electron chi connectivity index (χ3n) is 6.57. The molecule has 0 unspecified atom stereocenters. The average molecular weight is 596 g/mol. The Bertz CT molecular complexity index is 1450. The van der Waals surface area contributed by atoms with Crippen LogP contribution in [0.15, 0.2) is 82.6 Å². The molecule has 0 aliphatic carbocycles. The molecule has 2 amide bonds. The Balaban J connectivity index is 2.07. The molecule has 3 aromatic carbocycles. The summed E-state index contributed by atoms with van der Waals surface area (Å²) in [6.45, 7) is 11.1. The zero-order valence-electron chi connectivity index (χ0n) is 25.0. The van der Waals surface area contributed by atoms with E-state index in [9.17, 15) is 18.0 Å². The number of sulfonamides is 1. The van der Waals surface area contributed by atoms with Gasteiger partial charge in [0.2, 0.25) is 11.8 Å². The van der Waals surface area contributed by atoms with Crippen LogP contribution in [0.1, 0.15) is 50.8 Å². The van der Waals surface area contributed by atoms with E-state index in [1.165, 1.54) is 16.7 Å². The first kappa shape index (κ1) is 32.2. The van der Waals surface area contributed by atoms with Gasteiger partial charge in [0.25, 0.3) is 10.0 Å². The number of amides is 2. The number of aryl methyl sites for hydroxylation is 2. The molecule has 0 saturated carbocycles. The molecule has 7 nitrogen and oxygen atoms in total. The number of nitrogens with one attached hydrogen (secondary N) is 1. The van der Waals surface area contributed by atoms with Crippen molar-refractivity contribution in [2.75, 3.05) is 17.1 Å². The van der Waals surface area contributed by atoms with Gasteiger partial charge in [-0.3, -0.25) is 13.9 Å². The molecule has 0 radical (unpaired) electrons. The van der Waals surface area contributed by atoms with Crippen molar-refractivity contribution in [2.45, 2.75) is 75.9 Å². The zero-order chi connectivity index (χ0) is 30.4. The smallest absolute Gasteiger partial charge is 0.264 e. The van der Waals surface area contributed by atoms with Crippen LogP contribution in [-0.4, -0.2) is 49.5 Å². The first-order valence-electron chi connectivity index (χ1n) is 13.7. The van der Waals surface area contributed by atoms with Crippen LogP contribution in [-0.2, 0) is 26.2 Å². The highest BCUT2D eigenvalue weighted by Gasteiger charge is 2.34. The van der Waals surface area contributed by atoms with Gasteiger partial charge < -0.3 is 10.2 Å². The fourth-order valence-corrected chi connectivity index (χ4v) is 6.32. The second-order valence-electron chi connectivity index (χ2n) is 11.2. The summed E-state index contributed by atoms with van der Waals surface area (Å²) < 4.78 is 29.2.